The molecule has 1 rings (SSSR count). The molecule has 1 unspecified atom stereocenters. The Balaban J connectivity index is 2.93. The zero-order valence-corrected chi connectivity index (χ0v) is 6.74. The van der Waals surface area contributed by atoms with E-state index in [1.54, 1.807) is 17.6 Å². The minimum Gasteiger partial charge on any atom is -0.348 e. The molecule has 1 aromatic rings. The van der Waals surface area contributed by atoms with Gasteiger partial charge in [0, 0.05) is 13.2 Å². The van der Waals surface area contributed by atoms with Gasteiger partial charge in [-0.2, -0.15) is 0 Å². The molecule has 0 saturated heterocycles. The number of hydrogen-bond acceptors (Lipinski definition) is 2. The van der Waals surface area contributed by atoms with Crippen molar-refractivity contribution in [2.45, 2.75) is 13.0 Å². The van der Waals surface area contributed by atoms with Crippen molar-refractivity contribution < 1.29 is 4.79 Å². The molecule has 0 aliphatic carbocycles. The maximum atomic E-state index is 11.3. The van der Waals surface area contributed by atoms with Gasteiger partial charge < -0.3 is 10.3 Å². The fourth-order valence-corrected chi connectivity index (χ4v) is 0.950. The van der Waals surface area contributed by atoms with Crippen LogP contribution in [0.25, 0.3) is 0 Å². The van der Waals surface area contributed by atoms with Crippen LogP contribution >= 0.6 is 0 Å². The van der Waals surface area contributed by atoms with Crippen molar-refractivity contribution in [3.05, 3.63) is 24.0 Å². The van der Waals surface area contributed by atoms with Crippen LogP contribution < -0.4 is 5.73 Å². The smallest absolute Gasteiger partial charge is 0.195 e. The summed E-state index contributed by atoms with van der Waals surface area (Å²) in [5, 5.41) is 0. The van der Waals surface area contributed by atoms with E-state index in [4.69, 9.17) is 5.73 Å². The third-order valence-corrected chi connectivity index (χ3v) is 1.61. The number of Topliss-reactive ketones (excluding diaryl/α,β-unsaturated/α-hetero) is 1. The molecule has 2 N–H and O–H groups in total. The van der Waals surface area contributed by atoms with Gasteiger partial charge >= 0.3 is 0 Å². The van der Waals surface area contributed by atoms with E-state index in [1.807, 2.05) is 19.3 Å². The lowest BCUT2D eigenvalue weighted by Gasteiger charge is -2.04. The molecule has 3 heteroatoms. The molecule has 1 atom stereocenters. The minimum absolute atomic E-state index is 0.0162. The van der Waals surface area contributed by atoms with E-state index in [-0.39, 0.29) is 5.78 Å². The average molecular weight is 152 g/mol. The molecule has 0 aliphatic heterocycles. The van der Waals surface area contributed by atoms with Gasteiger partial charge in [0.05, 0.1) is 11.7 Å². The molecule has 1 aromatic heterocycles. The highest BCUT2D eigenvalue weighted by Crippen LogP contribution is 2.02. The molecule has 1 heterocycles. The Morgan fingerprint density at radius 2 is 2.36 bits per heavy atom. The minimum atomic E-state index is -0.413. The molecule has 11 heavy (non-hydrogen) atoms. The van der Waals surface area contributed by atoms with Crippen molar-refractivity contribution in [3.63, 3.8) is 0 Å². The Kier molecular flexibility index (Phi) is 2.10. The molecule has 0 radical (unpaired) electrons. The van der Waals surface area contributed by atoms with E-state index in [2.05, 4.69) is 0 Å². The topological polar surface area (TPSA) is 48.0 Å². The first kappa shape index (κ1) is 8.01. The number of nitrogens with two attached hydrogens (primary N) is 1. The van der Waals surface area contributed by atoms with Crippen LogP contribution in [0.15, 0.2) is 18.3 Å². The van der Waals surface area contributed by atoms with Crippen LogP contribution in [0.4, 0.5) is 0 Å². The van der Waals surface area contributed by atoms with Crippen molar-refractivity contribution in [1.82, 2.24) is 4.57 Å². The maximum absolute atomic E-state index is 11.3. The number of ketones is 1. The van der Waals surface area contributed by atoms with Gasteiger partial charge in [-0.15, -0.1) is 0 Å². The zero-order valence-electron chi connectivity index (χ0n) is 6.74. The molecular weight excluding hydrogens is 140 g/mol. The second kappa shape index (κ2) is 2.88. The number of aryl methyl sites for hydroxylation is 1. The summed E-state index contributed by atoms with van der Waals surface area (Å²) >= 11 is 0. The normalized spacial score (nSPS) is 13.0. The first-order valence-corrected chi connectivity index (χ1v) is 3.54. The van der Waals surface area contributed by atoms with Crippen molar-refractivity contribution in [1.29, 1.82) is 0 Å². The predicted octanol–water partition coefficient (Wildman–Crippen LogP) is 0.555. The standard InChI is InChI=1S/C8H12N2O/c1-6(9)8(11)7-4-3-5-10(7)2/h3-6H,9H2,1-2H3. The van der Waals surface area contributed by atoms with E-state index >= 15 is 0 Å². The number of rotatable bonds is 2. The number of nitrogens with zero attached hydrogens (tertiary/aromatic N) is 1. The summed E-state index contributed by atoms with van der Waals surface area (Å²) in [6.07, 6.45) is 1.83. The fraction of sp³-hybridized carbons (Fsp3) is 0.375. The summed E-state index contributed by atoms with van der Waals surface area (Å²) in [6, 6.07) is 3.19. The third kappa shape index (κ3) is 1.49. The van der Waals surface area contributed by atoms with Crippen LogP contribution in [0.3, 0.4) is 0 Å². The van der Waals surface area contributed by atoms with Crippen LogP contribution in [-0.4, -0.2) is 16.4 Å². The summed E-state index contributed by atoms with van der Waals surface area (Å²) < 4.78 is 1.77. The van der Waals surface area contributed by atoms with Crippen LogP contribution in [-0.2, 0) is 7.05 Å². The lowest BCUT2D eigenvalue weighted by atomic mass is 10.2. The maximum Gasteiger partial charge on any atom is 0.195 e. The number of carbonyl (C=O) groups excluding carboxylic acids is 1. The molecule has 0 saturated carbocycles. The summed E-state index contributed by atoms with van der Waals surface area (Å²) in [4.78, 5) is 11.3. The van der Waals surface area contributed by atoms with E-state index in [0.29, 0.717) is 5.69 Å². The molecule has 0 amide bonds. The molecule has 3 nitrogen and oxygen atoms in total. The molecule has 0 aliphatic rings. The molecule has 0 spiro atoms. The molecule has 0 aromatic carbocycles. The molecule has 0 fully saturated rings. The van der Waals surface area contributed by atoms with Crippen molar-refractivity contribution >= 4 is 5.78 Å². The van der Waals surface area contributed by atoms with Crippen molar-refractivity contribution in [2.75, 3.05) is 0 Å². The Labute approximate surface area is 65.8 Å². The van der Waals surface area contributed by atoms with E-state index in [1.165, 1.54) is 0 Å². The second-order valence-corrected chi connectivity index (χ2v) is 2.66. The monoisotopic (exact) mass is 152 g/mol. The Bertz CT molecular complexity index is 263. The molecule has 60 valence electrons. The van der Waals surface area contributed by atoms with Crippen LogP contribution in [0, 0.1) is 0 Å². The van der Waals surface area contributed by atoms with E-state index < -0.39 is 6.04 Å². The fourth-order valence-electron chi connectivity index (χ4n) is 0.950. The van der Waals surface area contributed by atoms with Gasteiger partial charge in [-0.05, 0) is 19.1 Å². The lowest BCUT2D eigenvalue weighted by molar-refractivity contribution is 0.0960. The highest BCUT2D eigenvalue weighted by molar-refractivity contribution is 5.98. The Hall–Kier alpha value is -1.09. The second-order valence-electron chi connectivity index (χ2n) is 2.66. The van der Waals surface area contributed by atoms with Gasteiger partial charge in [0.15, 0.2) is 5.78 Å². The number of carbonyl (C=O) groups is 1. The Morgan fingerprint density at radius 3 is 2.73 bits per heavy atom. The Morgan fingerprint density at radius 1 is 1.73 bits per heavy atom. The van der Waals surface area contributed by atoms with Gasteiger partial charge in [0.2, 0.25) is 0 Å². The van der Waals surface area contributed by atoms with Gasteiger partial charge in [-0.25, -0.2) is 0 Å². The molecule has 0 bridgehead atoms. The van der Waals surface area contributed by atoms with Crippen molar-refractivity contribution in [2.24, 2.45) is 12.8 Å². The third-order valence-electron chi connectivity index (χ3n) is 1.61. The lowest BCUT2D eigenvalue weighted by Crippen LogP contribution is -2.28. The van der Waals surface area contributed by atoms with Gasteiger partial charge in [-0.3, -0.25) is 4.79 Å². The quantitative estimate of drug-likeness (QED) is 0.629. The summed E-state index contributed by atoms with van der Waals surface area (Å²) in [5.41, 5.74) is 6.10. The summed E-state index contributed by atoms with van der Waals surface area (Å²) in [7, 11) is 1.83. The predicted molar refractivity (Wildman–Crippen MR) is 43.4 cm³/mol. The zero-order chi connectivity index (χ0) is 8.43. The first-order chi connectivity index (χ1) is 5.13. The van der Waals surface area contributed by atoms with Gasteiger partial charge in [0.1, 0.15) is 0 Å². The number of aromatic nitrogens is 1. The highest BCUT2D eigenvalue weighted by Gasteiger charge is 2.12. The highest BCUT2D eigenvalue weighted by atomic mass is 16.1. The van der Waals surface area contributed by atoms with E-state index in [0.717, 1.165) is 0 Å². The van der Waals surface area contributed by atoms with E-state index in [9.17, 15) is 4.79 Å². The summed E-state index contributed by atoms with van der Waals surface area (Å²) in [6.45, 7) is 1.69. The van der Waals surface area contributed by atoms with Gasteiger partial charge in [-0.1, -0.05) is 0 Å². The van der Waals surface area contributed by atoms with Crippen molar-refractivity contribution in [3.8, 4) is 0 Å². The number of hydrogen-bond donors (Lipinski definition) is 1. The SMILES string of the molecule is CC(N)C(=O)c1cccn1C. The van der Waals surface area contributed by atoms with Crippen LogP contribution in [0.1, 0.15) is 17.4 Å². The van der Waals surface area contributed by atoms with Gasteiger partial charge in [0.25, 0.3) is 0 Å². The average Bonchev–Trinajstić information content (AvgIpc) is 2.33. The van der Waals surface area contributed by atoms with Crippen LogP contribution in [0.5, 0.6) is 0 Å². The summed E-state index contributed by atoms with van der Waals surface area (Å²) in [5.74, 6) is -0.0162. The van der Waals surface area contributed by atoms with Crippen LogP contribution in [0.2, 0.25) is 0 Å². The largest absolute Gasteiger partial charge is 0.348 e. The first-order valence-electron chi connectivity index (χ1n) is 3.54. The molecular formula is C8H12N2O.